The van der Waals surface area contributed by atoms with E-state index in [0.717, 1.165) is 11.1 Å². The van der Waals surface area contributed by atoms with Crippen molar-refractivity contribution < 1.29 is 4.42 Å². The molecule has 2 aromatic rings. The number of aryl methyl sites for hydroxylation is 2. The maximum absolute atomic E-state index is 11.9. The van der Waals surface area contributed by atoms with Crippen molar-refractivity contribution in [2.24, 2.45) is 5.73 Å². The summed E-state index contributed by atoms with van der Waals surface area (Å²) in [7, 11) is 0. The van der Waals surface area contributed by atoms with Gasteiger partial charge in [-0.15, -0.1) is 0 Å². The monoisotopic (exact) mass is 237 g/mol. The van der Waals surface area contributed by atoms with Gasteiger partial charge in [0.2, 0.25) is 0 Å². The van der Waals surface area contributed by atoms with Crippen LogP contribution in [0.2, 0.25) is 5.02 Å². The fraction of sp³-hybridized carbons (Fsp3) is 0.250. The first kappa shape index (κ1) is 11.2. The van der Waals surface area contributed by atoms with E-state index in [0.29, 0.717) is 21.8 Å². The highest BCUT2D eigenvalue weighted by molar-refractivity contribution is 6.33. The van der Waals surface area contributed by atoms with Gasteiger partial charge in [0.05, 0.1) is 11.9 Å². The molecule has 0 bridgehead atoms. The molecule has 0 radical (unpaired) electrons. The second-order valence-electron chi connectivity index (χ2n) is 3.79. The van der Waals surface area contributed by atoms with Gasteiger partial charge in [-0.25, -0.2) is 0 Å². The van der Waals surface area contributed by atoms with Gasteiger partial charge >= 0.3 is 0 Å². The Morgan fingerprint density at radius 3 is 2.69 bits per heavy atom. The smallest absolute Gasteiger partial charge is 0.193 e. The standard InChI is InChI=1S/C12H12ClNO2/c1-6-3-10-11(7(2)12(6)13)9(15)4-8(5-14)16-10/h3-4H,5,14H2,1-2H3. The SMILES string of the molecule is Cc1cc2oc(CN)cc(=O)c2c(C)c1Cl. The van der Waals surface area contributed by atoms with Crippen molar-refractivity contribution in [3.05, 3.63) is 44.3 Å². The Morgan fingerprint density at radius 2 is 2.06 bits per heavy atom. The molecule has 1 aromatic carbocycles. The van der Waals surface area contributed by atoms with Crippen LogP contribution in [0.25, 0.3) is 11.0 Å². The van der Waals surface area contributed by atoms with Crippen LogP contribution in [0.5, 0.6) is 0 Å². The van der Waals surface area contributed by atoms with Gasteiger partial charge in [-0.3, -0.25) is 4.79 Å². The molecule has 84 valence electrons. The molecule has 0 saturated carbocycles. The highest BCUT2D eigenvalue weighted by Gasteiger charge is 2.11. The molecule has 2 rings (SSSR count). The molecule has 0 unspecified atom stereocenters. The molecule has 1 heterocycles. The van der Waals surface area contributed by atoms with Gasteiger partial charge in [-0.1, -0.05) is 11.6 Å². The summed E-state index contributed by atoms with van der Waals surface area (Å²) in [6.07, 6.45) is 0. The fourth-order valence-electron chi connectivity index (χ4n) is 1.80. The molecule has 0 fully saturated rings. The van der Waals surface area contributed by atoms with Crippen LogP contribution in [0, 0.1) is 13.8 Å². The van der Waals surface area contributed by atoms with Crippen molar-refractivity contribution >= 4 is 22.6 Å². The fourth-order valence-corrected chi connectivity index (χ4v) is 1.95. The predicted octanol–water partition coefficient (Wildman–Crippen LogP) is 2.52. The van der Waals surface area contributed by atoms with Crippen molar-refractivity contribution in [3.63, 3.8) is 0 Å². The molecule has 0 amide bonds. The lowest BCUT2D eigenvalue weighted by Crippen LogP contribution is -2.07. The van der Waals surface area contributed by atoms with E-state index in [1.54, 1.807) is 6.07 Å². The summed E-state index contributed by atoms with van der Waals surface area (Å²) >= 11 is 6.10. The van der Waals surface area contributed by atoms with Crippen LogP contribution < -0.4 is 11.2 Å². The van der Waals surface area contributed by atoms with Crippen LogP contribution in [-0.4, -0.2) is 0 Å². The van der Waals surface area contributed by atoms with Crippen LogP contribution >= 0.6 is 11.6 Å². The molecule has 1 aromatic heterocycles. The lowest BCUT2D eigenvalue weighted by Gasteiger charge is -2.07. The Bertz CT molecular complexity index is 616. The third kappa shape index (κ3) is 1.62. The van der Waals surface area contributed by atoms with Gasteiger partial charge in [0.1, 0.15) is 11.3 Å². The number of benzene rings is 1. The summed E-state index contributed by atoms with van der Waals surface area (Å²) in [6, 6.07) is 3.19. The molecule has 3 nitrogen and oxygen atoms in total. The van der Waals surface area contributed by atoms with E-state index in [1.165, 1.54) is 6.07 Å². The topological polar surface area (TPSA) is 56.2 Å². The van der Waals surface area contributed by atoms with Crippen molar-refractivity contribution in [3.8, 4) is 0 Å². The van der Waals surface area contributed by atoms with Crippen molar-refractivity contribution in [2.45, 2.75) is 20.4 Å². The molecule has 0 aliphatic carbocycles. The highest BCUT2D eigenvalue weighted by Crippen LogP contribution is 2.27. The quantitative estimate of drug-likeness (QED) is 0.829. The van der Waals surface area contributed by atoms with E-state index >= 15 is 0 Å². The Balaban J connectivity index is 2.96. The summed E-state index contributed by atoms with van der Waals surface area (Å²) < 4.78 is 5.52. The molecule has 16 heavy (non-hydrogen) atoms. The molecule has 0 spiro atoms. The van der Waals surface area contributed by atoms with Crippen LogP contribution in [0.3, 0.4) is 0 Å². The zero-order valence-electron chi connectivity index (χ0n) is 9.13. The zero-order chi connectivity index (χ0) is 11.9. The average molecular weight is 238 g/mol. The Kier molecular flexibility index (Phi) is 2.74. The van der Waals surface area contributed by atoms with Crippen molar-refractivity contribution in [1.29, 1.82) is 0 Å². The van der Waals surface area contributed by atoms with E-state index in [4.69, 9.17) is 21.8 Å². The van der Waals surface area contributed by atoms with E-state index in [9.17, 15) is 4.79 Å². The number of hydrogen-bond acceptors (Lipinski definition) is 3. The normalized spacial score (nSPS) is 11.0. The number of halogens is 1. The van der Waals surface area contributed by atoms with E-state index in [2.05, 4.69) is 0 Å². The lowest BCUT2D eigenvalue weighted by atomic mass is 10.1. The summed E-state index contributed by atoms with van der Waals surface area (Å²) in [5.74, 6) is 0.485. The molecule has 0 saturated heterocycles. The molecule has 2 N–H and O–H groups in total. The number of hydrogen-bond donors (Lipinski definition) is 1. The lowest BCUT2D eigenvalue weighted by molar-refractivity contribution is 0.538. The number of fused-ring (bicyclic) bond motifs is 1. The molecule has 0 atom stereocenters. The minimum Gasteiger partial charge on any atom is -0.459 e. The van der Waals surface area contributed by atoms with Crippen molar-refractivity contribution in [2.75, 3.05) is 0 Å². The van der Waals surface area contributed by atoms with Crippen LogP contribution in [-0.2, 0) is 6.54 Å². The Labute approximate surface area is 97.8 Å². The zero-order valence-corrected chi connectivity index (χ0v) is 9.89. The maximum atomic E-state index is 11.9. The Morgan fingerprint density at radius 1 is 1.38 bits per heavy atom. The first-order valence-electron chi connectivity index (χ1n) is 4.97. The van der Waals surface area contributed by atoms with Crippen LogP contribution in [0.15, 0.2) is 21.3 Å². The van der Waals surface area contributed by atoms with E-state index < -0.39 is 0 Å². The number of rotatable bonds is 1. The number of nitrogens with two attached hydrogens (primary N) is 1. The third-order valence-electron chi connectivity index (χ3n) is 2.63. The minimum absolute atomic E-state index is 0.0962. The minimum atomic E-state index is -0.0962. The average Bonchev–Trinajstić information content (AvgIpc) is 2.25. The second kappa shape index (κ2) is 3.92. The van der Waals surface area contributed by atoms with Gasteiger partial charge in [0, 0.05) is 11.1 Å². The van der Waals surface area contributed by atoms with Gasteiger partial charge in [0.15, 0.2) is 5.43 Å². The largest absolute Gasteiger partial charge is 0.459 e. The van der Waals surface area contributed by atoms with Crippen LogP contribution in [0.4, 0.5) is 0 Å². The van der Waals surface area contributed by atoms with E-state index in [-0.39, 0.29) is 12.0 Å². The van der Waals surface area contributed by atoms with Gasteiger partial charge in [-0.05, 0) is 31.0 Å². The van der Waals surface area contributed by atoms with E-state index in [1.807, 2.05) is 13.8 Å². The van der Waals surface area contributed by atoms with Crippen LogP contribution in [0.1, 0.15) is 16.9 Å². The molecular weight excluding hydrogens is 226 g/mol. The maximum Gasteiger partial charge on any atom is 0.193 e. The third-order valence-corrected chi connectivity index (χ3v) is 3.21. The molecule has 0 aliphatic rings. The molecule has 4 heteroatoms. The predicted molar refractivity (Wildman–Crippen MR) is 64.9 cm³/mol. The summed E-state index contributed by atoms with van der Waals surface area (Å²) in [5, 5.41) is 1.15. The second-order valence-corrected chi connectivity index (χ2v) is 4.16. The first-order chi connectivity index (χ1) is 7.54. The Hall–Kier alpha value is -1.32. The van der Waals surface area contributed by atoms with Gasteiger partial charge in [-0.2, -0.15) is 0 Å². The molecule has 0 aliphatic heterocycles. The van der Waals surface area contributed by atoms with Gasteiger partial charge in [0.25, 0.3) is 0 Å². The molecular formula is C12H12ClNO2. The summed E-state index contributed by atoms with van der Waals surface area (Å²) in [4.78, 5) is 11.9. The first-order valence-corrected chi connectivity index (χ1v) is 5.35. The summed E-state index contributed by atoms with van der Waals surface area (Å²) in [6.45, 7) is 3.91. The van der Waals surface area contributed by atoms with Gasteiger partial charge < -0.3 is 10.2 Å². The van der Waals surface area contributed by atoms with Crippen molar-refractivity contribution in [1.82, 2.24) is 0 Å². The summed E-state index contributed by atoms with van der Waals surface area (Å²) in [5.41, 5.74) is 7.56. The highest BCUT2D eigenvalue weighted by atomic mass is 35.5.